The van der Waals surface area contributed by atoms with Crippen LogP contribution in [-0.4, -0.2) is 24.6 Å². The molecule has 1 aliphatic rings. The van der Waals surface area contributed by atoms with E-state index in [1.54, 1.807) is 0 Å². The molecule has 0 aromatic heterocycles. The van der Waals surface area contributed by atoms with E-state index in [0.717, 1.165) is 17.9 Å². The van der Waals surface area contributed by atoms with Crippen LogP contribution in [0.2, 0.25) is 0 Å². The van der Waals surface area contributed by atoms with Gasteiger partial charge in [-0.2, -0.15) is 0 Å². The van der Waals surface area contributed by atoms with Gasteiger partial charge in [-0.25, -0.2) is 0 Å². The fraction of sp³-hybridized carbons (Fsp3) is 0.562. The lowest BCUT2D eigenvalue weighted by Gasteiger charge is -2.40. The zero-order valence-corrected chi connectivity index (χ0v) is 12.8. The van der Waals surface area contributed by atoms with Gasteiger partial charge >= 0.3 is 0 Å². The van der Waals surface area contributed by atoms with E-state index < -0.39 is 11.0 Å². The number of amides is 1. The molecule has 110 valence electrons. The predicted molar refractivity (Wildman–Crippen MR) is 81.0 cm³/mol. The molecule has 1 amide bonds. The highest BCUT2D eigenvalue weighted by Gasteiger charge is 2.43. The lowest BCUT2D eigenvalue weighted by Crippen LogP contribution is -2.56. The molecule has 0 aliphatic carbocycles. The SMILES string of the molecule is CC(C)(N)C(C)(C)C(=O)N1CCCOc2ccccc21. The molecule has 2 N–H and O–H groups in total. The van der Waals surface area contributed by atoms with Crippen LogP contribution < -0.4 is 15.4 Å². The van der Waals surface area contributed by atoms with Gasteiger partial charge in [-0.1, -0.05) is 12.1 Å². The second-order valence-corrected chi connectivity index (χ2v) is 6.47. The topological polar surface area (TPSA) is 55.6 Å². The zero-order chi connectivity index (χ0) is 15.0. The second kappa shape index (κ2) is 5.09. The van der Waals surface area contributed by atoms with Crippen molar-refractivity contribution in [3.8, 4) is 5.75 Å². The molecule has 1 aromatic carbocycles. The summed E-state index contributed by atoms with van der Waals surface area (Å²) in [4.78, 5) is 14.8. The third-order valence-corrected chi connectivity index (χ3v) is 4.33. The van der Waals surface area contributed by atoms with Gasteiger partial charge in [0.1, 0.15) is 5.75 Å². The third kappa shape index (κ3) is 2.52. The van der Waals surface area contributed by atoms with Gasteiger partial charge in [0, 0.05) is 12.1 Å². The van der Waals surface area contributed by atoms with E-state index in [1.807, 2.05) is 56.9 Å². The van der Waals surface area contributed by atoms with Crippen molar-refractivity contribution in [2.75, 3.05) is 18.1 Å². The van der Waals surface area contributed by atoms with Crippen LogP contribution in [0.1, 0.15) is 34.1 Å². The maximum atomic E-state index is 13.0. The predicted octanol–water partition coefficient (Wildman–Crippen LogP) is 2.57. The van der Waals surface area contributed by atoms with Gasteiger partial charge in [0.2, 0.25) is 5.91 Å². The third-order valence-electron chi connectivity index (χ3n) is 4.33. The number of ether oxygens (including phenoxy) is 1. The second-order valence-electron chi connectivity index (χ2n) is 6.47. The molecule has 0 saturated carbocycles. The normalized spacial score (nSPS) is 16.1. The van der Waals surface area contributed by atoms with E-state index in [9.17, 15) is 4.79 Å². The maximum Gasteiger partial charge on any atom is 0.234 e. The van der Waals surface area contributed by atoms with Gasteiger partial charge < -0.3 is 15.4 Å². The molecule has 1 aromatic rings. The summed E-state index contributed by atoms with van der Waals surface area (Å²) >= 11 is 0. The summed E-state index contributed by atoms with van der Waals surface area (Å²) in [6, 6.07) is 7.68. The van der Waals surface area contributed by atoms with Crippen LogP contribution in [0.5, 0.6) is 5.75 Å². The smallest absolute Gasteiger partial charge is 0.234 e. The van der Waals surface area contributed by atoms with Crippen molar-refractivity contribution in [3.05, 3.63) is 24.3 Å². The zero-order valence-electron chi connectivity index (χ0n) is 12.8. The number of para-hydroxylation sites is 2. The summed E-state index contributed by atoms with van der Waals surface area (Å²) in [5.41, 5.74) is 5.80. The summed E-state index contributed by atoms with van der Waals surface area (Å²) in [5.74, 6) is 0.812. The van der Waals surface area contributed by atoms with Crippen LogP contribution in [0, 0.1) is 5.41 Å². The quantitative estimate of drug-likeness (QED) is 0.903. The number of carbonyl (C=O) groups is 1. The number of benzene rings is 1. The van der Waals surface area contributed by atoms with Gasteiger partial charge in [0.25, 0.3) is 0 Å². The molecule has 4 nitrogen and oxygen atoms in total. The largest absolute Gasteiger partial charge is 0.491 e. The van der Waals surface area contributed by atoms with Crippen LogP contribution in [-0.2, 0) is 4.79 Å². The molecule has 0 fully saturated rings. The van der Waals surface area contributed by atoms with Crippen LogP contribution in [0.15, 0.2) is 24.3 Å². The Morgan fingerprint density at radius 3 is 2.55 bits per heavy atom. The van der Waals surface area contributed by atoms with Gasteiger partial charge in [0.15, 0.2) is 0 Å². The van der Waals surface area contributed by atoms with Crippen molar-refractivity contribution < 1.29 is 9.53 Å². The molecule has 1 heterocycles. The van der Waals surface area contributed by atoms with Gasteiger partial charge in [-0.15, -0.1) is 0 Å². The first-order valence-electron chi connectivity index (χ1n) is 7.08. The Morgan fingerprint density at radius 2 is 1.90 bits per heavy atom. The first kappa shape index (κ1) is 14.9. The molecule has 0 bridgehead atoms. The Morgan fingerprint density at radius 1 is 1.25 bits per heavy atom. The fourth-order valence-electron chi connectivity index (χ4n) is 2.15. The average Bonchev–Trinajstić information content (AvgIpc) is 2.58. The molecule has 0 unspecified atom stereocenters. The number of nitrogens with two attached hydrogens (primary N) is 1. The van der Waals surface area contributed by atoms with Gasteiger partial charge in [0.05, 0.1) is 17.7 Å². The lowest BCUT2D eigenvalue weighted by atomic mass is 9.74. The van der Waals surface area contributed by atoms with Crippen molar-refractivity contribution in [3.63, 3.8) is 0 Å². The molecule has 0 spiro atoms. The Labute approximate surface area is 120 Å². The molecular formula is C16H24N2O2. The van der Waals surface area contributed by atoms with E-state index in [-0.39, 0.29) is 5.91 Å². The highest BCUT2D eigenvalue weighted by Crippen LogP contribution is 2.37. The van der Waals surface area contributed by atoms with E-state index in [4.69, 9.17) is 10.5 Å². The Bertz CT molecular complexity index is 503. The van der Waals surface area contributed by atoms with E-state index in [1.165, 1.54) is 0 Å². The molecule has 4 heteroatoms. The molecule has 0 saturated heterocycles. The number of carbonyl (C=O) groups excluding carboxylic acids is 1. The van der Waals surface area contributed by atoms with Crippen molar-refractivity contribution in [1.82, 2.24) is 0 Å². The van der Waals surface area contributed by atoms with Crippen molar-refractivity contribution in [2.24, 2.45) is 11.1 Å². The number of fused-ring (bicyclic) bond motifs is 1. The first-order valence-corrected chi connectivity index (χ1v) is 7.08. The minimum atomic E-state index is -0.648. The Kier molecular flexibility index (Phi) is 3.78. The minimum Gasteiger partial charge on any atom is -0.491 e. The van der Waals surface area contributed by atoms with Gasteiger partial charge in [-0.05, 0) is 46.2 Å². The van der Waals surface area contributed by atoms with Crippen LogP contribution in [0.25, 0.3) is 0 Å². The van der Waals surface area contributed by atoms with Crippen LogP contribution in [0.3, 0.4) is 0 Å². The van der Waals surface area contributed by atoms with Crippen LogP contribution in [0.4, 0.5) is 5.69 Å². The van der Waals surface area contributed by atoms with Crippen molar-refractivity contribution >= 4 is 11.6 Å². The molecule has 0 radical (unpaired) electrons. The summed E-state index contributed by atoms with van der Waals surface area (Å²) in [7, 11) is 0. The van der Waals surface area contributed by atoms with Crippen molar-refractivity contribution in [2.45, 2.75) is 39.7 Å². The highest BCUT2D eigenvalue weighted by molar-refractivity contribution is 5.99. The summed E-state index contributed by atoms with van der Waals surface area (Å²) < 4.78 is 5.70. The minimum absolute atomic E-state index is 0.0444. The molecule has 20 heavy (non-hydrogen) atoms. The Balaban J connectivity index is 2.40. The lowest BCUT2D eigenvalue weighted by molar-refractivity contribution is -0.129. The van der Waals surface area contributed by atoms with Crippen molar-refractivity contribution in [1.29, 1.82) is 0 Å². The standard InChI is InChI=1S/C16H24N2O2/c1-15(2,16(3,4)17)14(19)18-10-7-11-20-13-9-6-5-8-12(13)18/h5-6,8-9H,7,10-11,17H2,1-4H3. The monoisotopic (exact) mass is 276 g/mol. The molecule has 2 rings (SSSR count). The number of rotatable bonds is 2. The van der Waals surface area contributed by atoms with E-state index in [0.29, 0.717) is 13.2 Å². The molecule has 0 atom stereocenters. The highest BCUT2D eigenvalue weighted by atomic mass is 16.5. The van der Waals surface area contributed by atoms with E-state index >= 15 is 0 Å². The average molecular weight is 276 g/mol. The summed E-state index contributed by atoms with van der Waals surface area (Å²) in [6.07, 6.45) is 0.821. The maximum absolute atomic E-state index is 13.0. The molecule has 1 aliphatic heterocycles. The van der Waals surface area contributed by atoms with E-state index in [2.05, 4.69) is 0 Å². The van der Waals surface area contributed by atoms with Gasteiger partial charge in [-0.3, -0.25) is 4.79 Å². The Hall–Kier alpha value is -1.55. The number of hydrogen-bond acceptors (Lipinski definition) is 3. The summed E-state index contributed by atoms with van der Waals surface area (Å²) in [5, 5.41) is 0. The summed E-state index contributed by atoms with van der Waals surface area (Å²) in [6.45, 7) is 8.90. The van der Waals surface area contributed by atoms with Crippen LogP contribution >= 0.6 is 0 Å². The number of hydrogen-bond donors (Lipinski definition) is 1. The molecular weight excluding hydrogens is 252 g/mol. The number of anilines is 1. The number of nitrogens with zero attached hydrogens (tertiary/aromatic N) is 1. The fourth-order valence-corrected chi connectivity index (χ4v) is 2.15. The first-order chi connectivity index (χ1) is 9.25.